The molecular formula is C17H25N3O. The van der Waals surface area contributed by atoms with E-state index in [4.69, 9.17) is 10.3 Å². The molecule has 0 spiro atoms. The molecule has 1 heterocycles. The average molecular weight is 287 g/mol. The van der Waals surface area contributed by atoms with Crippen LogP contribution in [0.2, 0.25) is 0 Å². The third-order valence-electron chi connectivity index (χ3n) is 3.72. The van der Waals surface area contributed by atoms with Gasteiger partial charge in [-0.15, -0.1) is 0 Å². The number of hydrogen-bond acceptors (Lipinski definition) is 4. The van der Waals surface area contributed by atoms with Gasteiger partial charge in [0.05, 0.1) is 0 Å². The predicted molar refractivity (Wildman–Crippen MR) is 84.0 cm³/mol. The van der Waals surface area contributed by atoms with E-state index in [0.29, 0.717) is 30.7 Å². The lowest BCUT2D eigenvalue weighted by molar-refractivity contribution is 0.329. The van der Waals surface area contributed by atoms with E-state index in [0.717, 1.165) is 18.7 Å². The largest absolute Gasteiger partial charge is 0.339 e. The van der Waals surface area contributed by atoms with E-state index in [-0.39, 0.29) is 0 Å². The maximum absolute atomic E-state index is 5.83. The Labute approximate surface area is 126 Å². The molecule has 1 aromatic heterocycles. The van der Waals surface area contributed by atoms with Gasteiger partial charge in [-0.1, -0.05) is 43.3 Å². The molecule has 0 saturated carbocycles. The highest BCUT2D eigenvalue weighted by Crippen LogP contribution is 2.17. The van der Waals surface area contributed by atoms with Crippen LogP contribution in [0.5, 0.6) is 0 Å². The topological polar surface area (TPSA) is 64.9 Å². The fourth-order valence-corrected chi connectivity index (χ4v) is 2.60. The van der Waals surface area contributed by atoms with Crippen LogP contribution in [0.3, 0.4) is 0 Å². The van der Waals surface area contributed by atoms with Crippen molar-refractivity contribution < 1.29 is 4.52 Å². The number of aromatic nitrogens is 2. The predicted octanol–water partition coefficient (Wildman–Crippen LogP) is 3.13. The molecule has 1 atom stereocenters. The van der Waals surface area contributed by atoms with Gasteiger partial charge < -0.3 is 10.3 Å². The summed E-state index contributed by atoms with van der Waals surface area (Å²) in [5.74, 6) is 2.50. The van der Waals surface area contributed by atoms with Crippen LogP contribution < -0.4 is 5.73 Å². The van der Waals surface area contributed by atoms with Gasteiger partial charge in [0.15, 0.2) is 5.82 Å². The van der Waals surface area contributed by atoms with Gasteiger partial charge in [-0.3, -0.25) is 0 Å². The van der Waals surface area contributed by atoms with Gasteiger partial charge in [-0.25, -0.2) is 0 Å². The summed E-state index contributed by atoms with van der Waals surface area (Å²) in [5.41, 5.74) is 8.32. The number of aryl methyl sites for hydroxylation is 1. The first-order valence-corrected chi connectivity index (χ1v) is 7.64. The number of nitrogens with two attached hydrogens (primary N) is 1. The molecular weight excluding hydrogens is 262 g/mol. The second-order valence-corrected chi connectivity index (χ2v) is 6.14. The number of hydrogen-bond donors (Lipinski definition) is 1. The van der Waals surface area contributed by atoms with Crippen molar-refractivity contribution in [1.29, 1.82) is 0 Å². The minimum Gasteiger partial charge on any atom is -0.339 e. The zero-order chi connectivity index (χ0) is 15.2. The van der Waals surface area contributed by atoms with Gasteiger partial charge in [0.2, 0.25) is 5.89 Å². The van der Waals surface area contributed by atoms with E-state index in [9.17, 15) is 0 Å². The maximum atomic E-state index is 5.83. The first-order valence-electron chi connectivity index (χ1n) is 7.64. The molecule has 1 aromatic carbocycles. The number of nitrogens with zero attached hydrogens (tertiary/aromatic N) is 2. The lowest BCUT2D eigenvalue weighted by Gasteiger charge is -2.14. The Balaban J connectivity index is 1.99. The Hall–Kier alpha value is -1.68. The molecule has 4 nitrogen and oxygen atoms in total. The summed E-state index contributed by atoms with van der Waals surface area (Å²) >= 11 is 0. The van der Waals surface area contributed by atoms with Crippen molar-refractivity contribution in [3.8, 4) is 0 Å². The molecule has 0 aliphatic carbocycles. The number of rotatable bonds is 7. The molecule has 2 N–H and O–H groups in total. The molecule has 2 rings (SSSR count). The summed E-state index contributed by atoms with van der Waals surface area (Å²) in [6.45, 7) is 7.18. The van der Waals surface area contributed by atoms with E-state index in [1.54, 1.807) is 0 Å². The number of benzene rings is 1. The molecule has 114 valence electrons. The molecule has 0 aliphatic heterocycles. The van der Waals surface area contributed by atoms with Gasteiger partial charge in [0.25, 0.3) is 0 Å². The summed E-state index contributed by atoms with van der Waals surface area (Å²) < 4.78 is 5.37. The molecule has 0 saturated heterocycles. The Morgan fingerprint density at radius 1 is 1.24 bits per heavy atom. The Morgan fingerprint density at radius 3 is 2.67 bits per heavy atom. The van der Waals surface area contributed by atoms with E-state index >= 15 is 0 Å². The van der Waals surface area contributed by atoms with Crippen LogP contribution in [0.15, 0.2) is 28.8 Å². The molecule has 0 aliphatic rings. The van der Waals surface area contributed by atoms with Crippen LogP contribution in [-0.2, 0) is 12.8 Å². The molecule has 0 radical (unpaired) electrons. The van der Waals surface area contributed by atoms with Crippen molar-refractivity contribution in [2.24, 2.45) is 17.6 Å². The van der Waals surface area contributed by atoms with Crippen LogP contribution in [-0.4, -0.2) is 16.7 Å². The Bertz CT molecular complexity index is 563. The van der Waals surface area contributed by atoms with Gasteiger partial charge in [0, 0.05) is 12.8 Å². The van der Waals surface area contributed by atoms with E-state index in [1.165, 1.54) is 11.1 Å². The summed E-state index contributed by atoms with van der Waals surface area (Å²) in [5, 5.41) is 4.09. The smallest absolute Gasteiger partial charge is 0.226 e. The zero-order valence-electron chi connectivity index (χ0n) is 13.2. The van der Waals surface area contributed by atoms with Crippen molar-refractivity contribution in [2.75, 3.05) is 6.54 Å². The highest BCUT2D eigenvalue weighted by Gasteiger charge is 2.15. The molecule has 21 heavy (non-hydrogen) atoms. The van der Waals surface area contributed by atoms with Crippen molar-refractivity contribution >= 4 is 0 Å². The Morgan fingerprint density at radius 2 is 2.00 bits per heavy atom. The normalized spacial score (nSPS) is 12.8. The SMILES string of the molecule is Cc1ccccc1Cc1noc(C[C@@H](CN)CC(C)C)n1. The van der Waals surface area contributed by atoms with Crippen LogP contribution in [0.4, 0.5) is 0 Å². The van der Waals surface area contributed by atoms with Crippen molar-refractivity contribution in [2.45, 2.75) is 40.0 Å². The van der Waals surface area contributed by atoms with Crippen LogP contribution >= 0.6 is 0 Å². The molecule has 0 amide bonds. The van der Waals surface area contributed by atoms with Gasteiger partial charge in [0.1, 0.15) is 0 Å². The van der Waals surface area contributed by atoms with Crippen LogP contribution in [0.1, 0.15) is 43.1 Å². The third kappa shape index (κ3) is 4.67. The fraction of sp³-hybridized carbons (Fsp3) is 0.529. The van der Waals surface area contributed by atoms with E-state index in [2.05, 4.69) is 43.0 Å². The lowest BCUT2D eigenvalue weighted by atomic mass is 9.94. The van der Waals surface area contributed by atoms with Gasteiger partial charge >= 0.3 is 0 Å². The average Bonchev–Trinajstić information content (AvgIpc) is 2.87. The summed E-state index contributed by atoms with van der Waals surface area (Å²) in [4.78, 5) is 4.51. The summed E-state index contributed by atoms with van der Waals surface area (Å²) in [6, 6.07) is 8.28. The standard InChI is InChI=1S/C17H25N3O/c1-12(2)8-14(11-18)9-17-19-16(20-21-17)10-15-7-5-4-6-13(15)3/h4-7,12,14H,8-11,18H2,1-3H3/t14-/m0/s1. The summed E-state index contributed by atoms with van der Waals surface area (Å²) in [6.07, 6.45) is 2.58. The fourth-order valence-electron chi connectivity index (χ4n) is 2.60. The van der Waals surface area contributed by atoms with Crippen LogP contribution in [0.25, 0.3) is 0 Å². The van der Waals surface area contributed by atoms with Gasteiger partial charge in [-0.05, 0) is 42.9 Å². The molecule has 0 unspecified atom stereocenters. The van der Waals surface area contributed by atoms with E-state index < -0.39 is 0 Å². The van der Waals surface area contributed by atoms with Crippen molar-refractivity contribution in [3.05, 3.63) is 47.1 Å². The lowest BCUT2D eigenvalue weighted by Crippen LogP contribution is -2.19. The third-order valence-corrected chi connectivity index (χ3v) is 3.72. The quantitative estimate of drug-likeness (QED) is 0.849. The summed E-state index contributed by atoms with van der Waals surface area (Å²) in [7, 11) is 0. The minimum absolute atomic E-state index is 0.414. The van der Waals surface area contributed by atoms with Crippen molar-refractivity contribution in [1.82, 2.24) is 10.1 Å². The van der Waals surface area contributed by atoms with Crippen LogP contribution in [0, 0.1) is 18.8 Å². The van der Waals surface area contributed by atoms with Gasteiger partial charge in [-0.2, -0.15) is 4.98 Å². The molecule has 2 aromatic rings. The Kier molecular flexibility index (Phi) is 5.51. The molecule has 0 fully saturated rings. The molecule has 4 heteroatoms. The second kappa shape index (κ2) is 7.36. The maximum Gasteiger partial charge on any atom is 0.226 e. The highest BCUT2D eigenvalue weighted by atomic mass is 16.5. The first-order chi connectivity index (χ1) is 10.1. The minimum atomic E-state index is 0.414. The van der Waals surface area contributed by atoms with E-state index in [1.807, 2.05) is 12.1 Å². The second-order valence-electron chi connectivity index (χ2n) is 6.14. The highest BCUT2D eigenvalue weighted by molar-refractivity contribution is 5.27. The zero-order valence-corrected chi connectivity index (χ0v) is 13.2. The first kappa shape index (κ1) is 15.7. The monoisotopic (exact) mass is 287 g/mol. The molecule has 0 bridgehead atoms. The van der Waals surface area contributed by atoms with Crippen molar-refractivity contribution in [3.63, 3.8) is 0 Å².